The van der Waals surface area contributed by atoms with E-state index in [1.807, 2.05) is 48.8 Å². The van der Waals surface area contributed by atoms with Crippen molar-refractivity contribution in [2.45, 2.75) is 0 Å². The smallest absolute Gasteiger partial charge is 0.0642 e. The summed E-state index contributed by atoms with van der Waals surface area (Å²) in [4.78, 5) is 2.35. The van der Waals surface area contributed by atoms with Crippen LogP contribution in [0.15, 0.2) is 60.9 Å². The van der Waals surface area contributed by atoms with Gasteiger partial charge in [-0.3, -0.25) is 0 Å². The van der Waals surface area contributed by atoms with Gasteiger partial charge in [-0.05, 0) is 48.5 Å². The molecule has 5 nitrogen and oxygen atoms in total. The second-order valence-corrected chi connectivity index (χ2v) is 6.24. The molecule has 2 heterocycles. The molecule has 0 unspecified atom stereocenters. The number of nitrogens with two attached hydrogens (primary N) is 2. The first-order chi connectivity index (χ1) is 12.2. The summed E-state index contributed by atoms with van der Waals surface area (Å²) >= 11 is 0. The highest BCUT2D eigenvalue weighted by molar-refractivity contribution is 5.87. The molecule has 1 aliphatic rings. The zero-order valence-electron chi connectivity index (χ0n) is 14.1. The highest BCUT2D eigenvalue weighted by Gasteiger charge is 2.18. The van der Waals surface area contributed by atoms with E-state index in [0.29, 0.717) is 0 Å². The van der Waals surface area contributed by atoms with Crippen molar-refractivity contribution in [2.24, 2.45) is 0 Å². The number of morpholine rings is 1. The quantitative estimate of drug-likeness (QED) is 0.722. The van der Waals surface area contributed by atoms with Crippen molar-refractivity contribution in [3.63, 3.8) is 0 Å². The van der Waals surface area contributed by atoms with E-state index in [1.165, 1.54) is 0 Å². The molecule has 1 fully saturated rings. The summed E-state index contributed by atoms with van der Waals surface area (Å²) in [5.74, 6) is 0. The molecule has 0 bridgehead atoms. The fraction of sp³-hybridized carbons (Fsp3) is 0.200. The Morgan fingerprint density at radius 3 is 1.96 bits per heavy atom. The van der Waals surface area contributed by atoms with E-state index in [9.17, 15) is 0 Å². The summed E-state index contributed by atoms with van der Waals surface area (Å²) in [6.07, 6.45) is 4.07. The number of benzene rings is 2. The van der Waals surface area contributed by atoms with E-state index in [1.54, 1.807) is 0 Å². The number of nitrogens with zero attached hydrogens (tertiary/aromatic N) is 2. The topological polar surface area (TPSA) is 69.4 Å². The maximum Gasteiger partial charge on any atom is 0.0642 e. The van der Waals surface area contributed by atoms with Gasteiger partial charge in [-0.1, -0.05) is 0 Å². The van der Waals surface area contributed by atoms with Gasteiger partial charge in [0.15, 0.2) is 0 Å². The lowest BCUT2D eigenvalue weighted by Gasteiger charge is -2.31. The molecule has 1 aliphatic heterocycles. The van der Waals surface area contributed by atoms with E-state index in [0.717, 1.165) is 60.2 Å². The summed E-state index contributed by atoms with van der Waals surface area (Å²) in [5, 5.41) is 0. The summed E-state index contributed by atoms with van der Waals surface area (Å²) in [6, 6.07) is 16.1. The molecule has 5 heteroatoms. The van der Waals surface area contributed by atoms with Gasteiger partial charge < -0.3 is 25.7 Å². The number of nitrogen functional groups attached to an aromatic ring is 2. The van der Waals surface area contributed by atoms with Crippen LogP contribution >= 0.6 is 0 Å². The Hall–Kier alpha value is -2.92. The van der Waals surface area contributed by atoms with Gasteiger partial charge in [0, 0.05) is 53.7 Å². The number of ether oxygens (including phenoxy) is 1. The second kappa shape index (κ2) is 6.53. The highest BCUT2D eigenvalue weighted by atomic mass is 16.5. The zero-order chi connectivity index (χ0) is 17.2. The molecule has 0 aliphatic carbocycles. The zero-order valence-corrected chi connectivity index (χ0v) is 14.1. The van der Waals surface area contributed by atoms with Gasteiger partial charge in [-0.2, -0.15) is 0 Å². The number of aromatic nitrogens is 1. The predicted molar refractivity (Wildman–Crippen MR) is 103 cm³/mol. The molecule has 0 atom stereocenters. The summed E-state index contributed by atoms with van der Waals surface area (Å²) in [6.45, 7) is 3.23. The highest BCUT2D eigenvalue weighted by Crippen LogP contribution is 2.37. The second-order valence-electron chi connectivity index (χ2n) is 6.24. The SMILES string of the molecule is Nc1ccc(N2CCOCC2)c(-c2cc(N)ccc2-n2cccc2)c1. The minimum Gasteiger partial charge on any atom is -0.399 e. The molecule has 0 amide bonds. The van der Waals surface area contributed by atoms with E-state index in [-0.39, 0.29) is 0 Å². The van der Waals surface area contributed by atoms with Crippen LogP contribution in [0.3, 0.4) is 0 Å². The molecule has 0 spiro atoms. The van der Waals surface area contributed by atoms with Crippen molar-refractivity contribution in [1.82, 2.24) is 4.57 Å². The molecule has 0 radical (unpaired) electrons. The van der Waals surface area contributed by atoms with Crippen molar-refractivity contribution >= 4 is 17.1 Å². The standard InChI is InChI=1S/C20H22N4O/c21-15-3-5-19(23-7-1-2-8-23)17(13-15)18-14-16(22)4-6-20(18)24-9-11-25-12-10-24/h1-8,13-14H,9-12,21-22H2. The molecule has 25 heavy (non-hydrogen) atoms. The Balaban J connectivity index is 1.90. The molecule has 4 rings (SSSR count). The van der Waals surface area contributed by atoms with Gasteiger partial charge in [0.1, 0.15) is 0 Å². The van der Waals surface area contributed by atoms with Crippen molar-refractivity contribution in [2.75, 3.05) is 42.7 Å². The van der Waals surface area contributed by atoms with Crippen molar-refractivity contribution in [1.29, 1.82) is 0 Å². The average molecular weight is 334 g/mol. The summed E-state index contributed by atoms with van der Waals surface area (Å²) < 4.78 is 7.60. The maximum absolute atomic E-state index is 6.12. The predicted octanol–water partition coefficient (Wildman–Crippen LogP) is 3.15. The fourth-order valence-electron chi connectivity index (χ4n) is 3.34. The molecular formula is C20H22N4O. The minimum absolute atomic E-state index is 0.737. The third-order valence-corrected chi connectivity index (χ3v) is 4.57. The van der Waals surface area contributed by atoms with E-state index >= 15 is 0 Å². The van der Waals surface area contributed by atoms with Gasteiger partial charge in [0.05, 0.1) is 18.9 Å². The molecule has 3 aromatic rings. The first-order valence-corrected chi connectivity index (χ1v) is 8.48. The first-order valence-electron chi connectivity index (χ1n) is 8.48. The number of hydrogen-bond donors (Lipinski definition) is 2. The Bertz CT molecular complexity index is 867. The van der Waals surface area contributed by atoms with Crippen LogP contribution in [-0.2, 0) is 4.74 Å². The molecular weight excluding hydrogens is 312 g/mol. The van der Waals surface area contributed by atoms with Gasteiger partial charge in [0.2, 0.25) is 0 Å². The van der Waals surface area contributed by atoms with E-state index in [4.69, 9.17) is 16.2 Å². The molecule has 0 saturated carbocycles. The normalized spacial score (nSPS) is 14.6. The first kappa shape index (κ1) is 15.6. The molecule has 1 saturated heterocycles. The van der Waals surface area contributed by atoms with E-state index < -0.39 is 0 Å². The Labute approximate surface area is 147 Å². The van der Waals surface area contributed by atoms with Crippen LogP contribution in [0.2, 0.25) is 0 Å². The Kier molecular flexibility index (Phi) is 4.07. The lowest BCUT2D eigenvalue weighted by molar-refractivity contribution is 0.123. The van der Waals surface area contributed by atoms with Gasteiger partial charge in [-0.15, -0.1) is 0 Å². The van der Waals surface area contributed by atoms with Crippen LogP contribution in [-0.4, -0.2) is 30.9 Å². The van der Waals surface area contributed by atoms with Crippen molar-refractivity contribution < 1.29 is 4.74 Å². The Morgan fingerprint density at radius 2 is 1.32 bits per heavy atom. The summed E-state index contributed by atoms with van der Waals surface area (Å²) in [5.41, 5.74) is 18.1. The van der Waals surface area contributed by atoms with Crippen LogP contribution in [0.5, 0.6) is 0 Å². The Morgan fingerprint density at radius 1 is 0.760 bits per heavy atom. The minimum atomic E-state index is 0.737. The molecule has 128 valence electrons. The van der Waals surface area contributed by atoms with Crippen molar-refractivity contribution in [3.05, 3.63) is 60.9 Å². The monoisotopic (exact) mass is 334 g/mol. The van der Waals surface area contributed by atoms with Gasteiger partial charge >= 0.3 is 0 Å². The lowest BCUT2D eigenvalue weighted by atomic mass is 9.99. The fourth-order valence-corrected chi connectivity index (χ4v) is 3.34. The van der Waals surface area contributed by atoms with Crippen LogP contribution < -0.4 is 16.4 Å². The van der Waals surface area contributed by atoms with Crippen LogP contribution in [0.25, 0.3) is 16.8 Å². The third-order valence-electron chi connectivity index (χ3n) is 4.57. The average Bonchev–Trinajstić information content (AvgIpc) is 3.17. The third kappa shape index (κ3) is 3.06. The molecule has 1 aromatic heterocycles. The molecule has 2 aromatic carbocycles. The van der Waals surface area contributed by atoms with Gasteiger partial charge in [0.25, 0.3) is 0 Å². The molecule has 4 N–H and O–H groups in total. The van der Waals surface area contributed by atoms with Crippen LogP contribution in [0.1, 0.15) is 0 Å². The number of hydrogen-bond acceptors (Lipinski definition) is 4. The van der Waals surface area contributed by atoms with E-state index in [2.05, 4.69) is 21.6 Å². The largest absolute Gasteiger partial charge is 0.399 e. The van der Waals surface area contributed by atoms with Crippen LogP contribution in [0.4, 0.5) is 17.1 Å². The van der Waals surface area contributed by atoms with Gasteiger partial charge in [-0.25, -0.2) is 0 Å². The lowest BCUT2D eigenvalue weighted by Crippen LogP contribution is -2.36. The number of rotatable bonds is 3. The summed E-state index contributed by atoms with van der Waals surface area (Å²) in [7, 11) is 0. The maximum atomic E-state index is 6.12. The van der Waals surface area contributed by atoms with Crippen molar-refractivity contribution in [3.8, 4) is 16.8 Å². The number of anilines is 3. The van der Waals surface area contributed by atoms with Crippen LogP contribution in [0, 0.1) is 0 Å².